The molecular formula is C45H25N5. The summed E-state index contributed by atoms with van der Waals surface area (Å²) in [5, 5.41) is 34.0. The summed E-state index contributed by atoms with van der Waals surface area (Å²) in [7, 11) is 0. The van der Waals surface area contributed by atoms with Gasteiger partial charge in [-0.3, -0.25) is 0 Å². The molecule has 0 saturated carbocycles. The summed E-state index contributed by atoms with van der Waals surface area (Å²) in [6.45, 7) is 0. The molecule has 9 rings (SSSR count). The van der Waals surface area contributed by atoms with Gasteiger partial charge in [0, 0.05) is 38.4 Å². The molecule has 2 aromatic heterocycles. The summed E-state index contributed by atoms with van der Waals surface area (Å²) in [6, 6.07) is 57.8. The van der Waals surface area contributed by atoms with Gasteiger partial charge in [-0.1, -0.05) is 84.9 Å². The van der Waals surface area contributed by atoms with Gasteiger partial charge in [-0.25, -0.2) is 0 Å². The van der Waals surface area contributed by atoms with Gasteiger partial charge >= 0.3 is 0 Å². The van der Waals surface area contributed by atoms with Crippen LogP contribution < -0.4 is 0 Å². The SMILES string of the molecule is N#Cc1ccc2c(c1)c1ccccc1n2-c1ccc(-c2ccc(-c3ccccc3-n3c4ccccc4c4c(C#N)cccc43)c(C#N)c2)cc1. The second kappa shape index (κ2) is 11.4. The van der Waals surface area contributed by atoms with Crippen molar-refractivity contribution < 1.29 is 0 Å². The highest BCUT2D eigenvalue weighted by molar-refractivity contribution is 6.12. The Morgan fingerprint density at radius 2 is 1.06 bits per heavy atom. The molecule has 0 saturated heterocycles. The van der Waals surface area contributed by atoms with Crippen molar-refractivity contribution in [1.82, 2.24) is 9.13 Å². The van der Waals surface area contributed by atoms with Gasteiger partial charge in [0.05, 0.1) is 62.7 Å². The van der Waals surface area contributed by atoms with Crippen molar-refractivity contribution in [3.8, 4) is 51.8 Å². The van der Waals surface area contributed by atoms with E-state index < -0.39 is 0 Å². The maximum absolute atomic E-state index is 10.5. The van der Waals surface area contributed by atoms with Gasteiger partial charge in [0.2, 0.25) is 0 Å². The van der Waals surface area contributed by atoms with Crippen LogP contribution in [0.25, 0.3) is 77.2 Å². The highest BCUT2D eigenvalue weighted by Crippen LogP contribution is 2.39. The van der Waals surface area contributed by atoms with Gasteiger partial charge in [-0.15, -0.1) is 0 Å². The fraction of sp³-hybridized carbons (Fsp3) is 0. The molecule has 9 aromatic rings. The Balaban J connectivity index is 1.15. The molecular weight excluding hydrogens is 611 g/mol. The Labute approximate surface area is 287 Å². The molecule has 0 amide bonds. The zero-order chi connectivity index (χ0) is 33.8. The van der Waals surface area contributed by atoms with Crippen molar-refractivity contribution >= 4 is 43.6 Å². The lowest BCUT2D eigenvalue weighted by Crippen LogP contribution is -1.98. The number of benzene rings is 7. The Morgan fingerprint density at radius 1 is 0.400 bits per heavy atom. The molecule has 0 bridgehead atoms. The van der Waals surface area contributed by atoms with Gasteiger partial charge in [-0.05, 0) is 77.9 Å². The molecule has 5 nitrogen and oxygen atoms in total. The van der Waals surface area contributed by atoms with Crippen LogP contribution in [0, 0.1) is 34.0 Å². The lowest BCUT2D eigenvalue weighted by Gasteiger charge is -2.16. The maximum atomic E-state index is 10.5. The first-order valence-electron chi connectivity index (χ1n) is 16.3. The Hall–Kier alpha value is -7.39. The standard InChI is InChI=1S/C45H25N5/c46-26-29-16-23-43-39(24-29)37-10-2-4-12-40(37)49(43)34-20-17-30(18-21-34)31-19-22-35(33(25-31)28-48)36-9-1-5-13-41(36)50-42-14-6-3-11-38(42)45-32(27-47)8-7-15-44(45)50/h1-25H. The minimum absolute atomic E-state index is 0.577. The van der Waals surface area contributed by atoms with Gasteiger partial charge in [0.25, 0.3) is 0 Å². The van der Waals surface area contributed by atoms with Gasteiger partial charge in [0.15, 0.2) is 0 Å². The Bertz CT molecular complexity index is 2960. The van der Waals surface area contributed by atoms with Gasteiger partial charge in [-0.2, -0.15) is 15.8 Å². The van der Waals surface area contributed by atoms with Crippen molar-refractivity contribution in [2.24, 2.45) is 0 Å². The molecule has 7 aromatic carbocycles. The first-order chi connectivity index (χ1) is 24.7. The Kier molecular flexibility index (Phi) is 6.56. The van der Waals surface area contributed by atoms with E-state index in [-0.39, 0.29) is 0 Å². The van der Waals surface area contributed by atoms with E-state index in [1.54, 1.807) is 0 Å². The van der Waals surface area contributed by atoms with E-state index in [4.69, 9.17) is 0 Å². The van der Waals surface area contributed by atoms with E-state index in [2.05, 4.69) is 94.1 Å². The summed E-state index contributed by atoms with van der Waals surface area (Å²) in [5.74, 6) is 0. The van der Waals surface area contributed by atoms with E-state index in [0.717, 1.165) is 77.2 Å². The number of hydrogen-bond donors (Lipinski definition) is 0. The predicted octanol–water partition coefficient (Wildman–Crippen LogP) is 10.8. The summed E-state index contributed by atoms with van der Waals surface area (Å²) >= 11 is 0. The quantitative estimate of drug-likeness (QED) is 0.193. The monoisotopic (exact) mass is 635 g/mol. The molecule has 5 heteroatoms. The number of aromatic nitrogens is 2. The third kappa shape index (κ3) is 4.31. The van der Waals surface area contributed by atoms with Crippen LogP contribution >= 0.6 is 0 Å². The molecule has 0 unspecified atom stereocenters. The van der Waals surface area contributed by atoms with Crippen molar-refractivity contribution in [3.63, 3.8) is 0 Å². The summed E-state index contributed by atoms with van der Waals surface area (Å²) in [4.78, 5) is 0. The highest BCUT2D eigenvalue weighted by atomic mass is 15.0. The zero-order valence-corrected chi connectivity index (χ0v) is 26.7. The minimum Gasteiger partial charge on any atom is -0.309 e. The van der Waals surface area contributed by atoms with Crippen LogP contribution in [0.4, 0.5) is 0 Å². The number of nitriles is 3. The Morgan fingerprint density at radius 3 is 1.84 bits per heavy atom. The topological polar surface area (TPSA) is 81.2 Å². The van der Waals surface area contributed by atoms with Crippen LogP contribution in [-0.4, -0.2) is 9.13 Å². The summed E-state index contributed by atoms with van der Waals surface area (Å²) < 4.78 is 4.43. The van der Waals surface area contributed by atoms with Crippen LogP contribution in [0.15, 0.2) is 152 Å². The second-order valence-corrected chi connectivity index (χ2v) is 12.3. The van der Waals surface area contributed by atoms with Crippen LogP contribution in [0.3, 0.4) is 0 Å². The molecule has 0 radical (unpaired) electrons. The lowest BCUT2D eigenvalue weighted by molar-refractivity contribution is 1.18. The van der Waals surface area contributed by atoms with Crippen LogP contribution in [0.5, 0.6) is 0 Å². The fourth-order valence-electron chi connectivity index (χ4n) is 7.44. The van der Waals surface area contributed by atoms with Crippen molar-refractivity contribution in [1.29, 1.82) is 15.8 Å². The average Bonchev–Trinajstić information content (AvgIpc) is 3.70. The normalized spacial score (nSPS) is 11.1. The van der Waals surface area contributed by atoms with Crippen molar-refractivity contribution in [2.75, 3.05) is 0 Å². The van der Waals surface area contributed by atoms with E-state index >= 15 is 0 Å². The first-order valence-corrected chi connectivity index (χ1v) is 16.3. The predicted molar refractivity (Wildman–Crippen MR) is 200 cm³/mol. The summed E-state index contributed by atoms with van der Waals surface area (Å²) in [5.41, 5.74) is 11.6. The third-order valence-corrected chi connectivity index (χ3v) is 9.65. The van der Waals surface area contributed by atoms with Crippen LogP contribution in [0.2, 0.25) is 0 Å². The molecule has 0 atom stereocenters. The molecule has 2 heterocycles. The number of para-hydroxylation sites is 3. The largest absolute Gasteiger partial charge is 0.309 e. The molecule has 0 spiro atoms. The lowest BCUT2D eigenvalue weighted by atomic mass is 9.94. The molecule has 230 valence electrons. The van der Waals surface area contributed by atoms with Gasteiger partial charge < -0.3 is 9.13 Å². The molecule has 0 fully saturated rings. The average molecular weight is 636 g/mol. The minimum atomic E-state index is 0.577. The second-order valence-electron chi connectivity index (χ2n) is 12.3. The summed E-state index contributed by atoms with van der Waals surface area (Å²) in [6.07, 6.45) is 0. The number of rotatable bonds is 4. The molecule has 0 N–H and O–H groups in total. The zero-order valence-electron chi connectivity index (χ0n) is 26.7. The maximum Gasteiger partial charge on any atom is 0.0998 e. The van der Waals surface area contributed by atoms with E-state index in [1.807, 2.05) is 84.9 Å². The van der Waals surface area contributed by atoms with E-state index in [1.165, 1.54) is 0 Å². The fourth-order valence-corrected chi connectivity index (χ4v) is 7.44. The van der Waals surface area contributed by atoms with Crippen LogP contribution in [0.1, 0.15) is 16.7 Å². The van der Waals surface area contributed by atoms with Crippen molar-refractivity contribution in [3.05, 3.63) is 168 Å². The van der Waals surface area contributed by atoms with E-state index in [0.29, 0.717) is 16.7 Å². The smallest absolute Gasteiger partial charge is 0.0998 e. The number of hydrogen-bond acceptors (Lipinski definition) is 3. The highest BCUT2D eigenvalue weighted by Gasteiger charge is 2.19. The number of nitrogens with zero attached hydrogens (tertiary/aromatic N) is 5. The molecule has 0 aliphatic rings. The molecule has 50 heavy (non-hydrogen) atoms. The van der Waals surface area contributed by atoms with E-state index in [9.17, 15) is 15.8 Å². The molecule has 0 aliphatic carbocycles. The number of fused-ring (bicyclic) bond motifs is 6. The first kappa shape index (κ1) is 28.8. The van der Waals surface area contributed by atoms with Crippen LogP contribution in [-0.2, 0) is 0 Å². The third-order valence-electron chi connectivity index (χ3n) is 9.65. The molecule has 0 aliphatic heterocycles. The van der Waals surface area contributed by atoms with Gasteiger partial charge in [0.1, 0.15) is 0 Å². The van der Waals surface area contributed by atoms with Crippen molar-refractivity contribution in [2.45, 2.75) is 0 Å².